The molecular formula is C16H19N5O. The Morgan fingerprint density at radius 1 is 1.27 bits per heavy atom. The maximum absolute atomic E-state index is 12.1. The summed E-state index contributed by atoms with van der Waals surface area (Å²) < 4.78 is 1.89. The van der Waals surface area contributed by atoms with Gasteiger partial charge in [0.15, 0.2) is 11.2 Å². The standard InChI is InChI=1S/C16H19N5O/c1-2-3-9-17-16-19-14-13(15(22)20-16)18-11-21(14)10-12-7-5-4-6-8-12/h4-8,11H,2-3,9-10H2,1H3,(H2,17,19,20,22). The van der Waals surface area contributed by atoms with Gasteiger partial charge in [-0.15, -0.1) is 0 Å². The molecule has 0 amide bonds. The summed E-state index contributed by atoms with van der Waals surface area (Å²) in [6, 6.07) is 10.0. The van der Waals surface area contributed by atoms with Gasteiger partial charge in [-0.1, -0.05) is 43.7 Å². The third-order valence-electron chi connectivity index (χ3n) is 3.49. The largest absolute Gasteiger partial charge is 0.356 e. The summed E-state index contributed by atoms with van der Waals surface area (Å²) in [7, 11) is 0. The second-order valence-electron chi connectivity index (χ2n) is 5.23. The van der Waals surface area contributed by atoms with E-state index in [1.165, 1.54) is 0 Å². The molecule has 0 radical (unpaired) electrons. The van der Waals surface area contributed by atoms with Gasteiger partial charge in [0.2, 0.25) is 5.95 Å². The van der Waals surface area contributed by atoms with Crippen molar-refractivity contribution in [1.29, 1.82) is 0 Å². The van der Waals surface area contributed by atoms with E-state index in [1.807, 2.05) is 34.9 Å². The van der Waals surface area contributed by atoms with Crippen LogP contribution in [0.25, 0.3) is 11.2 Å². The summed E-state index contributed by atoms with van der Waals surface area (Å²) in [5.41, 5.74) is 1.91. The van der Waals surface area contributed by atoms with Crippen molar-refractivity contribution in [2.75, 3.05) is 11.9 Å². The molecule has 1 aromatic carbocycles. The average Bonchev–Trinajstić information content (AvgIpc) is 2.92. The van der Waals surface area contributed by atoms with Gasteiger partial charge in [0.05, 0.1) is 12.9 Å². The Morgan fingerprint density at radius 2 is 2.09 bits per heavy atom. The van der Waals surface area contributed by atoms with Crippen LogP contribution in [-0.4, -0.2) is 26.1 Å². The molecule has 0 unspecified atom stereocenters. The molecule has 0 fully saturated rings. The van der Waals surface area contributed by atoms with Crippen molar-refractivity contribution < 1.29 is 0 Å². The molecule has 2 aromatic heterocycles. The first-order chi connectivity index (χ1) is 10.8. The number of H-pyrrole nitrogens is 1. The molecule has 114 valence electrons. The van der Waals surface area contributed by atoms with Crippen LogP contribution in [-0.2, 0) is 6.54 Å². The number of imidazole rings is 1. The Balaban J connectivity index is 1.92. The number of benzene rings is 1. The second-order valence-corrected chi connectivity index (χ2v) is 5.23. The number of fused-ring (bicyclic) bond motifs is 1. The molecule has 22 heavy (non-hydrogen) atoms. The van der Waals surface area contributed by atoms with E-state index < -0.39 is 0 Å². The molecule has 0 spiro atoms. The second kappa shape index (κ2) is 6.43. The van der Waals surface area contributed by atoms with Gasteiger partial charge in [-0.3, -0.25) is 9.78 Å². The summed E-state index contributed by atoms with van der Waals surface area (Å²) in [5, 5.41) is 3.15. The summed E-state index contributed by atoms with van der Waals surface area (Å²) in [6.07, 6.45) is 3.78. The Morgan fingerprint density at radius 3 is 2.86 bits per heavy atom. The number of anilines is 1. The Bertz CT molecular complexity index is 806. The third kappa shape index (κ3) is 3.00. The summed E-state index contributed by atoms with van der Waals surface area (Å²) >= 11 is 0. The van der Waals surface area contributed by atoms with Gasteiger partial charge in [0, 0.05) is 6.54 Å². The monoisotopic (exact) mass is 297 g/mol. The minimum Gasteiger partial charge on any atom is -0.356 e. The molecule has 3 rings (SSSR count). The predicted molar refractivity (Wildman–Crippen MR) is 87.1 cm³/mol. The lowest BCUT2D eigenvalue weighted by molar-refractivity contribution is 0.807. The molecule has 3 aromatic rings. The molecule has 0 aliphatic rings. The number of hydrogen-bond acceptors (Lipinski definition) is 4. The molecular weight excluding hydrogens is 278 g/mol. The van der Waals surface area contributed by atoms with Gasteiger partial charge < -0.3 is 9.88 Å². The predicted octanol–water partition coefficient (Wildman–Crippen LogP) is 2.38. The summed E-state index contributed by atoms with van der Waals surface area (Å²) in [5.74, 6) is 0.501. The smallest absolute Gasteiger partial charge is 0.280 e. The first kappa shape index (κ1) is 14.3. The Kier molecular flexibility index (Phi) is 4.18. The number of aromatic amines is 1. The van der Waals surface area contributed by atoms with Gasteiger partial charge >= 0.3 is 0 Å². The van der Waals surface area contributed by atoms with Crippen molar-refractivity contribution in [3.63, 3.8) is 0 Å². The van der Waals surface area contributed by atoms with Gasteiger partial charge in [0.25, 0.3) is 5.56 Å². The Labute approximate surface area is 128 Å². The molecule has 0 saturated heterocycles. The minimum atomic E-state index is -0.212. The van der Waals surface area contributed by atoms with Crippen LogP contribution in [0.4, 0.5) is 5.95 Å². The maximum Gasteiger partial charge on any atom is 0.280 e. The lowest BCUT2D eigenvalue weighted by atomic mass is 10.2. The Hall–Kier alpha value is -2.63. The van der Waals surface area contributed by atoms with Crippen LogP contribution < -0.4 is 10.9 Å². The average molecular weight is 297 g/mol. The fourth-order valence-electron chi connectivity index (χ4n) is 2.32. The highest BCUT2D eigenvalue weighted by atomic mass is 16.1. The number of aromatic nitrogens is 4. The summed E-state index contributed by atoms with van der Waals surface area (Å²) in [4.78, 5) is 23.5. The van der Waals surface area contributed by atoms with Crippen molar-refractivity contribution in [2.24, 2.45) is 0 Å². The van der Waals surface area contributed by atoms with E-state index in [1.54, 1.807) is 6.33 Å². The van der Waals surface area contributed by atoms with Gasteiger partial charge in [-0.05, 0) is 12.0 Å². The first-order valence-corrected chi connectivity index (χ1v) is 7.51. The molecule has 0 saturated carbocycles. The molecule has 0 aliphatic heterocycles. The van der Waals surface area contributed by atoms with E-state index in [9.17, 15) is 4.79 Å². The highest BCUT2D eigenvalue weighted by Crippen LogP contribution is 2.11. The van der Waals surface area contributed by atoms with Crippen molar-refractivity contribution in [1.82, 2.24) is 19.5 Å². The molecule has 2 heterocycles. The number of unbranched alkanes of at least 4 members (excludes halogenated alkanes) is 1. The van der Waals surface area contributed by atoms with E-state index in [-0.39, 0.29) is 5.56 Å². The van der Waals surface area contributed by atoms with Crippen LogP contribution in [0, 0.1) is 0 Å². The van der Waals surface area contributed by atoms with Crippen LogP contribution in [0.3, 0.4) is 0 Å². The van der Waals surface area contributed by atoms with Crippen LogP contribution in [0.1, 0.15) is 25.3 Å². The highest BCUT2D eigenvalue weighted by molar-refractivity contribution is 5.70. The molecule has 6 nitrogen and oxygen atoms in total. The van der Waals surface area contributed by atoms with E-state index in [2.05, 4.69) is 27.2 Å². The molecule has 0 bridgehead atoms. The zero-order valence-corrected chi connectivity index (χ0v) is 12.5. The van der Waals surface area contributed by atoms with Crippen LogP contribution >= 0.6 is 0 Å². The molecule has 2 N–H and O–H groups in total. The quantitative estimate of drug-likeness (QED) is 0.685. The van der Waals surface area contributed by atoms with E-state index in [0.717, 1.165) is 24.9 Å². The number of nitrogens with zero attached hydrogens (tertiary/aromatic N) is 3. The van der Waals surface area contributed by atoms with E-state index >= 15 is 0 Å². The highest BCUT2D eigenvalue weighted by Gasteiger charge is 2.10. The lowest BCUT2D eigenvalue weighted by Crippen LogP contribution is -2.15. The maximum atomic E-state index is 12.1. The van der Waals surface area contributed by atoms with Crippen molar-refractivity contribution in [3.05, 3.63) is 52.6 Å². The van der Waals surface area contributed by atoms with Crippen LogP contribution in [0.5, 0.6) is 0 Å². The zero-order chi connectivity index (χ0) is 15.4. The topological polar surface area (TPSA) is 75.6 Å². The number of hydrogen-bond donors (Lipinski definition) is 2. The van der Waals surface area contributed by atoms with Crippen molar-refractivity contribution >= 4 is 17.1 Å². The van der Waals surface area contributed by atoms with E-state index in [0.29, 0.717) is 23.7 Å². The molecule has 0 atom stereocenters. The van der Waals surface area contributed by atoms with Gasteiger partial charge in [-0.2, -0.15) is 4.98 Å². The fourth-order valence-corrected chi connectivity index (χ4v) is 2.32. The first-order valence-electron chi connectivity index (χ1n) is 7.51. The fraction of sp³-hybridized carbons (Fsp3) is 0.312. The van der Waals surface area contributed by atoms with Crippen molar-refractivity contribution in [2.45, 2.75) is 26.3 Å². The SMILES string of the molecule is CCCCNc1nc2c(ncn2Cc2ccccc2)c(=O)[nH]1. The lowest BCUT2D eigenvalue weighted by Gasteiger charge is -2.06. The normalized spacial score (nSPS) is 11.0. The molecule has 6 heteroatoms. The summed E-state index contributed by atoms with van der Waals surface area (Å²) in [6.45, 7) is 3.55. The zero-order valence-electron chi connectivity index (χ0n) is 12.5. The number of nitrogens with one attached hydrogen (secondary N) is 2. The van der Waals surface area contributed by atoms with Crippen LogP contribution in [0.2, 0.25) is 0 Å². The van der Waals surface area contributed by atoms with Gasteiger partial charge in [0.1, 0.15) is 0 Å². The minimum absolute atomic E-state index is 0.212. The molecule has 0 aliphatic carbocycles. The van der Waals surface area contributed by atoms with Crippen LogP contribution in [0.15, 0.2) is 41.5 Å². The van der Waals surface area contributed by atoms with E-state index in [4.69, 9.17) is 0 Å². The third-order valence-corrected chi connectivity index (χ3v) is 3.49. The number of rotatable bonds is 6. The van der Waals surface area contributed by atoms with Crippen molar-refractivity contribution in [3.8, 4) is 0 Å². The van der Waals surface area contributed by atoms with Gasteiger partial charge in [-0.25, -0.2) is 4.98 Å².